The van der Waals surface area contributed by atoms with Gasteiger partial charge >= 0.3 is 0 Å². The van der Waals surface area contributed by atoms with E-state index < -0.39 is 0 Å². The second-order valence-electron chi connectivity index (χ2n) is 4.19. The fourth-order valence-electron chi connectivity index (χ4n) is 1.76. The van der Waals surface area contributed by atoms with Crippen LogP contribution < -0.4 is 16.4 Å². The number of hydrogen-bond acceptors (Lipinski definition) is 4. The Morgan fingerprint density at radius 2 is 2.26 bits per heavy atom. The first-order valence-corrected chi connectivity index (χ1v) is 6.03. The molecular weight excluding hydrogens is 242 g/mol. The van der Waals surface area contributed by atoms with Gasteiger partial charge in [-0.25, -0.2) is 0 Å². The molecule has 0 unspecified atom stereocenters. The summed E-state index contributed by atoms with van der Waals surface area (Å²) >= 11 is 0. The van der Waals surface area contributed by atoms with E-state index in [1.807, 2.05) is 20.2 Å². The molecule has 0 bridgehead atoms. The van der Waals surface area contributed by atoms with E-state index in [-0.39, 0.29) is 5.91 Å². The Morgan fingerprint density at radius 1 is 1.47 bits per heavy atom. The molecule has 0 saturated carbocycles. The molecule has 1 amide bonds. The van der Waals surface area contributed by atoms with Crippen molar-refractivity contribution in [3.8, 4) is 0 Å². The highest BCUT2D eigenvalue weighted by Gasteiger charge is 2.11. The second-order valence-corrected chi connectivity index (χ2v) is 4.19. The van der Waals surface area contributed by atoms with Crippen molar-refractivity contribution in [2.24, 2.45) is 7.05 Å². The number of nitrogens with zero attached hydrogens (tertiary/aromatic N) is 2. The SMILES string of the molecule is CCNC(=O)c1ccc(N)cc1Nc1cnn(C)c1. The molecule has 0 aliphatic carbocycles. The van der Waals surface area contributed by atoms with Crippen molar-refractivity contribution in [3.63, 3.8) is 0 Å². The van der Waals surface area contributed by atoms with Gasteiger partial charge in [-0.05, 0) is 25.1 Å². The molecule has 1 heterocycles. The van der Waals surface area contributed by atoms with Crippen LogP contribution in [0.3, 0.4) is 0 Å². The van der Waals surface area contributed by atoms with Gasteiger partial charge in [0.1, 0.15) is 0 Å². The summed E-state index contributed by atoms with van der Waals surface area (Å²) in [6.45, 7) is 2.46. The largest absolute Gasteiger partial charge is 0.399 e. The highest BCUT2D eigenvalue weighted by Crippen LogP contribution is 2.23. The number of nitrogens with one attached hydrogen (secondary N) is 2. The quantitative estimate of drug-likeness (QED) is 0.726. The summed E-state index contributed by atoms with van der Waals surface area (Å²) in [7, 11) is 1.83. The van der Waals surface area contributed by atoms with E-state index in [0.29, 0.717) is 23.5 Å². The number of carbonyl (C=O) groups is 1. The highest BCUT2D eigenvalue weighted by atomic mass is 16.1. The molecule has 2 aromatic rings. The number of rotatable bonds is 4. The zero-order valence-electron chi connectivity index (χ0n) is 11.0. The van der Waals surface area contributed by atoms with Crippen molar-refractivity contribution in [2.75, 3.05) is 17.6 Å². The molecule has 19 heavy (non-hydrogen) atoms. The van der Waals surface area contributed by atoms with E-state index in [0.717, 1.165) is 5.69 Å². The first-order valence-electron chi connectivity index (χ1n) is 6.03. The van der Waals surface area contributed by atoms with E-state index >= 15 is 0 Å². The minimum Gasteiger partial charge on any atom is -0.399 e. The summed E-state index contributed by atoms with van der Waals surface area (Å²) in [5.41, 5.74) is 8.39. The van der Waals surface area contributed by atoms with Crippen LogP contribution >= 0.6 is 0 Å². The van der Waals surface area contributed by atoms with Crippen LogP contribution in [0.2, 0.25) is 0 Å². The molecule has 100 valence electrons. The number of hydrogen-bond donors (Lipinski definition) is 3. The first-order chi connectivity index (χ1) is 9.10. The van der Waals surface area contributed by atoms with E-state index in [9.17, 15) is 4.79 Å². The Bertz CT molecular complexity index is 590. The lowest BCUT2D eigenvalue weighted by Crippen LogP contribution is -2.23. The normalized spacial score (nSPS) is 10.2. The molecule has 6 heteroatoms. The molecule has 0 radical (unpaired) electrons. The van der Waals surface area contributed by atoms with E-state index in [1.165, 1.54) is 0 Å². The fraction of sp³-hybridized carbons (Fsp3) is 0.231. The van der Waals surface area contributed by atoms with Crippen molar-refractivity contribution in [3.05, 3.63) is 36.2 Å². The van der Waals surface area contributed by atoms with Crippen LogP contribution in [-0.4, -0.2) is 22.2 Å². The molecule has 0 aliphatic rings. The van der Waals surface area contributed by atoms with Crippen LogP contribution in [0.25, 0.3) is 0 Å². The van der Waals surface area contributed by atoms with Gasteiger partial charge in [0, 0.05) is 25.5 Å². The molecule has 2 rings (SSSR count). The summed E-state index contributed by atoms with van der Waals surface area (Å²) in [6, 6.07) is 5.15. The molecule has 0 saturated heterocycles. The number of carbonyl (C=O) groups excluding carboxylic acids is 1. The molecule has 0 fully saturated rings. The third-order valence-corrected chi connectivity index (χ3v) is 2.61. The molecule has 4 N–H and O–H groups in total. The lowest BCUT2D eigenvalue weighted by molar-refractivity contribution is 0.0956. The smallest absolute Gasteiger partial charge is 0.253 e. The number of aromatic nitrogens is 2. The number of nitrogens with two attached hydrogens (primary N) is 1. The number of nitrogen functional groups attached to an aromatic ring is 1. The van der Waals surface area contributed by atoms with Gasteiger partial charge in [-0.15, -0.1) is 0 Å². The molecule has 1 aromatic heterocycles. The Labute approximate surface area is 111 Å². The summed E-state index contributed by atoms with van der Waals surface area (Å²) in [6.07, 6.45) is 3.51. The van der Waals surface area contributed by atoms with Gasteiger partial charge < -0.3 is 16.4 Å². The van der Waals surface area contributed by atoms with Crippen LogP contribution in [0.1, 0.15) is 17.3 Å². The maximum atomic E-state index is 12.0. The lowest BCUT2D eigenvalue weighted by Gasteiger charge is -2.11. The molecule has 1 aromatic carbocycles. The van der Waals surface area contributed by atoms with Crippen molar-refractivity contribution in [2.45, 2.75) is 6.92 Å². The predicted molar refractivity (Wildman–Crippen MR) is 75.4 cm³/mol. The maximum Gasteiger partial charge on any atom is 0.253 e. The van der Waals surface area contributed by atoms with Crippen LogP contribution in [0.15, 0.2) is 30.6 Å². The zero-order chi connectivity index (χ0) is 13.8. The average Bonchev–Trinajstić information content (AvgIpc) is 2.75. The molecule has 6 nitrogen and oxygen atoms in total. The van der Waals surface area contributed by atoms with Gasteiger partial charge in [0.05, 0.1) is 23.1 Å². The minimum atomic E-state index is -0.131. The molecule has 0 spiro atoms. The average molecular weight is 259 g/mol. The van der Waals surface area contributed by atoms with Gasteiger partial charge in [-0.2, -0.15) is 5.10 Å². The van der Waals surface area contributed by atoms with Crippen LogP contribution in [0.5, 0.6) is 0 Å². The lowest BCUT2D eigenvalue weighted by atomic mass is 10.1. The Kier molecular flexibility index (Phi) is 3.70. The first kappa shape index (κ1) is 12.9. The van der Waals surface area contributed by atoms with Gasteiger partial charge in [0.2, 0.25) is 0 Å². The number of amides is 1. The van der Waals surface area contributed by atoms with E-state index in [4.69, 9.17) is 5.73 Å². The van der Waals surface area contributed by atoms with E-state index in [2.05, 4.69) is 15.7 Å². The summed E-state index contributed by atoms with van der Waals surface area (Å²) in [5.74, 6) is -0.131. The highest BCUT2D eigenvalue weighted by molar-refractivity contribution is 6.00. The van der Waals surface area contributed by atoms with Gasteiger partial charge in [0.15, 0.2) is 0 Å². The molecule has 0 atom stereocenters. The Hall–Kier alpha value is -2.50. The number of aryl methyl sites for hydroxylation is 1. The zero-order valence-corrected chi connectivity index (χ0v) is 11.0. The standard InChI is InChI=1S/C13H17N5O/c1-3-15-13(19)11-5-4-9(14)6-12(11)17-10-7-16-18(2)8-10/h4-8,17H,3,14H2,1-2H3,(H,15,19). The summed E-state index contributed by atoms with van der Waals surface area (Å²) < 4.78 is 1.68. The number of benzene rings is 1. The summed E-state index contributed by atoms with van der Waals surface area (Å²) in [5, 5.41) is 9.99. The maximum absolute atomic E-state index is 12.0. The third kappa shape index (κ3) is 3.04. The Balaban J connectivity index is 2.31. The van der Waals surface area contributed by atoms with Crippen molar-refractivity contribution in [1.82, 2.24) is 15.1 Å². The second kappa shape index (κ2) is 5.43. The monoisotopic (exact) mass is 259 g/mol. The van der Waals surface area contributed by atoms with Crippen LogP contribution in [0, 0.1) is 0 Å². The third-order valence-electron chi connectivity index (χ3n) is 2.61. The van der Waals surface area contributed by atoms with E-state index in [1.54, 1.807) is 29.1 Å². The minimum absolute atomic E-state index is 0.131. The van der Waals surface area contributed by atoms with Crippen molar-refractivity contribution < 1.29 is 4.79 Å². The molecule has 0 aliphatic heterocycles. The van der Waals surface area contributed by atoms with Crippen LogP contribution in [0.4, 0.5) is 17.1 Å². The molecular formula is C13H17N5O. The Morgan fingerprint density at radius 3 is 2.89 bits per heavy atom. The topological polar surface area (TPSA) is 85.0 Å². The van der Waals surface area contributed by atoms with Gasteiger partial charge in [-0.1, -0.05) is 0 Å². The number of anilines is 3. The van der Waals surface area contributed by atoms with Gasteiger partial charge in [-0.3, -0.25) is 9.48 Å². The summed E-state index contributed by atoms with van der Waals surface area (Å²) in [4.78, 5) is 12.0. The fourth-order valence-corrected chi connectivity index (χ4v) is 1.76. The van der Waals surface area contributed by atoms with Crippen LogP contribution in [-0.2, 0) is 7.05 Å². The van der Waals surface area contributed by atoms with Crippen molar-refractivity contribution >= 4 is 23.0 Å². The van der Waals surface area contributed by atoms with Crippen molar-refractivity contribution in [1.29, 1.82) is 0 Å². The predicted octanol–water partition coefficient (Wildman–Crippen LogP) is 1.50. The van der Waals surface area contributed by atoms with Gasteiger partial charge in [0.25, 0.3) is 5.91 Å².